The van der Waals surface area contributed by atoms with E-state index in [1.807, 2.05) is 67.7 Å². The van der Waals surface area contributed by atoms with Crippen molar-refractivity contribution in [1.82, 2.24) is 19.9 Å². The maximum Gasteiger partial charge on any atom is 0.221 e. The van der Waals surface area contributed by atoms with Crippen LogP contribution in [0.5, 0.6) is 5.75 Å². The third-order valence-corrected chi connectivity index (χ3v) is 11.1. The molecule has 12 heteroatoms. The van der Waals surface area contributed by atoms with Gasteiger partial charge in [0, 0.05) is 30.8 Å². The largest absolute Gasteiger partial charge is 0.471 e. The molecule has 6 heterocycles. The van der Waals surface area contributed by atoms with Crippen molar-refractivity contribution < 1.29 is 9.53 Å². The highest BCUT2D eigenvalue weighted by Gasteiger charge is 2.22. The van der Waals surface area contributed by atoms with Gasteiger partial charge in [-0.3, -0.25) is 9.78 Å². The summed E-state index contributed by atoms with van der Waals surface area (Å²) in [5.41, 5.74) is 4.52. The van der Waals surface area contributed by atoms with Gasteiger partial charge in [-0.05, 0) is 55.5 Å². The van der Waals surface area contributed by atoms with Gasteiger partial charge in [0.15, 0.2) is 6.23 Å². The van der Waals surface area contributed by atoms with E-state index < -0.39 is 0 Å². The van der Waals surface area contributed by atoms with Crippen LogP contribution in [0.3, 0.4) is 0 Å². The first-order chi connectivity index (χ1) is 21.5. The van der Waals surface area contributed by atoms with E-state index in [9.17, 15) is 4.79 Å². The topological polar surface area (TPSA) is 102 Å². The highest BCUT2D eigenvalue weighted by atomic mass is 32.1. The van der Waals surface area contributed by atoms with Gasteiger partial charge >= 0.3 is 0 Å². The number of ether oxygens (including phenoxy) is 1. The van der Waals surface area contributed by atoms with Gasteiger partial charge in [-0.1, -0.05) is 23.5 Å². The molecule has 8 nitrogen and oxygen atoms in total. The molecule has 8 aromatic rings. The number of benzene rings is 2. The van der Waals surface area contributed by atoms with Crippen molar-refractivity contribution in [3.05, 3.63) is 79.1 Å². The molecule has 1 amide bonds. The lowest BCUT2D eigenvalue weighted by molar-refractivity contribution is -0.114. The van der Waals surface area contributed by atoms with Crippen LogP contribution in [0.15, 0.2) is 79.1 Å². The highest BCUT2D eigenvalue weighted by Crippen LogP contribution is 2.46. The summed E-state index contributed by atoms with van der Waals surface area (Å²) in [4.78, 5) is 32.0. The summed E-state index contributed by atoms with van der Waals surface area (Å²) < 4.78 is 9.54. The van der Waals surface area contributed by atoms with Crippen LogP contribution in [-0.4, -0.2) is 32.1 Å². The smallest absolute Gasteiger partial charge is 0.221 e. The number of amides is 1. The van der Waals surface area contributed by atoms with Crippen LogP contribution >= 0.6 is 45.3 Å². The Morgan fingerprint density at radius 3 is 2.39 bits per heavy atom. The molecule has 1 atom stereocenters. The lowest BCUT2D eigenvalue weighted by atomic mass is 10.2. The first kappa shape index (κ1) is 27.1. The Morgan fingerprint density at radius 1 is 0.773 bits per heavy atom. The molecule has 0 fully saturated rings. The molecule has 6 aromatic heterocycles. The molecular weight excluding hydrogens is 629 g/mol. The summed E-state index contributed by atoms with van der Waals surface area (Å²) in [5.74, 6) is 0.572. The quantitative estimate of drug-likeness (QED) is 0.166. The van der Waals surface area contributed by atoms with E-state index in [1.54, 1.807) is 40.2 Å². The Labute approximate surface area is 267 Å². The van der Waals surface area contributed by atoms with Crippen LogP contribution in [0.4, 0.5) is 10.0 Å². The van der Waals surface area contributed by atoms with Crippen molar-refractivity contribution in [3.63, 3.8) is 0 Å². The first-order valence-corrected chi connectivity index (χ1v) is 17.0. The molecule has 0 aliphatic rings. The number of carbonyl (C=O) groups is 1. The second-order valence-corrected chi connectivity index (χ2v) is 14.2. The number of thiophene rings is 2. The zero-order chi connectivity index (χ0) is 29.8. The number of nitrogens with zero attached hydrogens (tertiary/aromatic N) is 4. The zero-order valence-electron chi connectivity index (χ0n) is 23.3. The Morgan fingerprint density at radius 2 is 1.52 bits per heavy atom. The Kier molecular flexibility index (Phi) is 6.71. The van der Waals surface area contributed by atoms with Crippen molar-refractivity contribution in [1.29, 1.82) is 0 Å². The summed E-state index contributed by atoms with van der Waals surface area (Å²) in [6.07, 6.45) is 3.23. The summed E-state index contributed by atoms with van der Waals surface area (Å²) >= 11 is 6.34. The van der Waals surface area contributed by atoms with Crippen LogP contribution in [0.1, 0.15) is 13.8 Å². The van der Waals surface area contributed by atoms with Crippen LogP contribution in [0.2, 0.25) is 0 Å². The fourth-order valence-electron chi connectivity index (χ4n) is 5.11. The third-order valence-electron chi connectivity index (χ3n) is 6.93. The van der Waals surface area contributed by atoms with Crippen LogP contribution < -0.4 is 15.4 Å². The molecule has 0 bridgehead atoms. The van der Waals surface area contributed by atoms with Crippen LogP contribution in [0, 0.1) is 0 Å². The lowest BCUT2D eigenvalue weighted by Gasteiger charge is -2.17. The Bertz CT molecular complexity index is 2320. The molecule has 0 saturated carbocycles. The molecule has 2 N–H and O–H groups in total. The molecule has 0 spiro atoms. The van der Waals surface area contributed by atoms with E-state index in [4.69, 9.17) is 14.7 Å². The fourth-order valence-corrected chi connectivity index (χ4v) is 9.49. The summed E-state index contributed by atoms with van der Waals surface area (Å²) in [6.45, 7) is 3.50. The molecular formula is C32H22N6O2S4. The minimum Gasteiger partial charge on any atom is -0.471 e. The van der Waals surface area contributed by atoms with Gasteiger partial charge in [0.2, 0.25) is 5.91 Å². The molecule has 2 aromatic carbocycles. The van der Waals surface area contributed by atoms with Crippen molar-refractivity contribution in [3.8, 4) is 26.9 Å². The van der Waals surface area contributed by atoms with E-state index in [2.05, 4.69) is 32.7 Å². The molecule has 8 rings (SSSR count). The van der Waals surface area contributed by atoms with Crippen molar-refractivity contribution in [2.24, 2.45) is 0 Å². The van der Waals surface area contributed by atoms with Gasteiger partial charge in [-0.25, -0.2) is 15.0 Å². The highest BCUT2D eigenvalue weighted by molar-refractivity contribution is 7.26. The average Bonchev–Trinajstić information content (AvgIpc) is 3.77. The lowest BCUT2D eigenvalue weighted by Crippen LogP contribution is -2.22. The van der Waals surface area contributed by atoms with Crippen LogP contribution in [0.25, 0.3) is 62.0 Å². The third kappa shape index (κ3) is 4.85. The normalized spacial score (nSPS) is 12.3. The minimum absolute atomic E-state index is 0.128. The van der Waals surface area contributed by atoms with Crippen molar-refractivity contribution in [2.45, 2.75) is 20.1 Å². The second-order valence-electron chi connectivity index (χ2n) is 10.0. The van der Waals surface area contributed by atoms with Gasteiger partial charge < -0.3 is 15.4 Å². The molecule has 0 aliphatic heterocycles. The van der Waals surface area contributed by atoms with E-state index in [-0.39, 0.29) is 12.1 Å². The minimum atomic E-state index is -0.344. The maximum absolute atomic E-state index is 11.9. The van der Waals surface area contributed by atoms with E-state index >= 15 is 0 Å². The number of hydrogen-bond donors (Lipinski definition) is 2. The van der Waals surface area contributed by atoms with Crippen molar-refractivity contribution in [2.75, 3.05) is 10.6 Å². The summed E-state index contributed by atoms with van der Waals surface area (Å²) in [7, 11) is 0. The number of fused-ring (bicyclic) bond motifs is 4. The predicted molar refractivity (Wildman–Crippen MR) is 184 cm³/mol. The molecule has 216 valence electrons. The van der Waals surface area contributed by atoms with Crippen molar-refractivity contribution >= 4 is 102 Å². The average molecular weight is 651 g/mol. The zero-order valence-corrected chi connectivity index (χ0v) is 26.6. The maximum atomic E-state index is 11.9. The number of carbonyl (C=O) groups excluding carboxylic acids is 1. The first-order valence-electron chi connectivity index (χ1n) is 13.7. The number of para-hydroxylation sites is 1. The molecule has 44 heavy (non-hydrogen) atoms. The number of anilines is 2. The fraction of sp³-hybridized carbons (Fsp3) is 0.0938. The molecule has 0 saturated heterocycles. The summed E-state index contributed by atoms with van der Waals surface area (Å²) in [5, 5.41) is 11.1. The SMILES string of the molecule is CC(=O)Nc1sc2cccnc2c1-c1nc2cc(OC(C)Nc3sc4ncccc4c3-c3nc4ccccc4s3)ccc2s1. The molecule has 0 aliphatic carbocycles. The number of nitrogens with one attached hydrogen (secondary N) is 2. The van der Waals surface area contributed by atoms with Gasteiger partial charge in [-0.2, -0.15) is 0 Å². The Hall–Kier alpha value is -4.49. The van der Waals surface area contributed by atoms with E-state index in [0.29, 0.717) is 5.75 Å². The second kappa shape index (κ2) is 10.9. The summed E-state index contributed by atoms with van der Waals surface area (Å²) in [6, 6.07) is 22.1. The van der Waals surface area contributed by atoms with Gasteiger partial charge in [0.05, 0.1) is 41.8 Å². The number of hydrogen-bond acceptors (Lipinski definition) is 11. The van der Waals surface area contributed by atoms with E-state index in [0.717, 1.165) is 72.0 Å². The molecule has 1 unspecified atom stereocenters. The van der Waals surface area contributed by atoms with E-state index in [1.165, 1.54) is 18.3 Å². The predicted octanol–water partition coefficient (Wildman–Crippen LogP) is 9.25. The van der Waals surface area contributed by atoms with Gasteiger partial charge in [0.25, 0.3) is 0 Å². The van der Waals surface area contributed by atoms with Crippen LogP contribution in [-0.2, 0) is 4.79 Å². The monoisotopic (exact) mass is 650 g/mol. The van der Waals surface area contributed by atoms with Gasteiger partial charge in [-0.15, -0.1) is 34.0 Å². The standard InChI is InChI=1S/C32H22N6O2S4/c1-16(39)35-31-26(27-24(43-31)10-6-13-33-27)32-38-21-15-18(11-12-23(21)42-32)40-17(2)36-29-25(19-7-5-14-34-28(19)44-29)30-37-20-8-3-4-9-22(20)41-30/h3-15,17,36H,1-2H3,(H,35,39). The Balaban J connectivity index is 1.10. The van der Waals surface area contributed by atoms with Gasteiger partial charge in [0.1, 0.15) is 30.6 Å². The number of thiazole rings is 2. The number of pyridine rings is 2. The number of aromatic nitrogens is 4. The number of rotatable bonds is 7. The molecule has 0 radical (unpaired) electrons.